The monoisotopic (exact) mass is 699 g/mol. The molecule has 0 spiro atoms. The van der Waals surface area contributed by atoms with Gasteiger partial charge in [0, 0.05) is 43.9 Å². The number of hydrogen-bond donors (Lipinski definition) is 0. The SMILES string of the molecule is Bc1c(B)c(B)c(-c2nc(-c3ccccc3)cc(-c3cccc4c3oc3ccc(-c5ccc6c(c5)c5ccccc5n6-c5ccccc5)cc34)n2)c(B)c1B. The first kappa shape index (κ1) is 33.1. The molecule has 0 fully saturated rings. The molecule has 0 radical (unpaired) electrons. The van der Waals surface area contributed by atoms with Crippen LogP contribution in [-0.2, 0) is 0 Å². The quantitative estimate of drug-likeness (QED) is 0.259. The highest BCUT2D eigenvalue weighted by molar-refractivity contribution is 6.68. The normalized spacial score (nSPS) is 11.6. The molecule has 0 aliphatic heterocycles. The number of benzene rings is 7. The molecule has 0 amide bonds. The van der Waals surface area contributed by atoms with Crippen molar-refractivity contribution in [3.05, 3.63) is 146 Å². The maximum absolute atomic E-state index is 6.74. The van der Waals surface area contributed by atoms with E-state index in [0.29, 0.717) is 0 Å². The Morgan fingerprint density at radius 1 is 0.436 bits per heavy atom. The lowest BCUT2D eigenvalue weighted by Crippen LogP contribution is -2.55. The summed E-state index contributed by atoms with van der Waals surface area (Å²) < 4.78 is 9.09. The van der Waals surface area contributed by atoms with Crippen LogP contribution < -0.4 is 27.3 Å². The minimum Gasteiger partial charge on any atom is -0.455 e. The lowest BCUT2D eigenvalue weighted by Gasteiger charge is -2.20. The Bertz CT molecular complexity index is 3130. The van der Waals surface area contributed by atoms with Crippen LogP contribution in [0.4, 0.5) is 0 Å². The van der Waals surface area contributed by atoms with Crippen LogP contribution in [0.25, 0.3) is 94.5 Å². The molecule has 55 heavy (non-hydrogen) atoms. The van der Waals surface area contributed by atoms with Gasteiger partial charge in [-0.15, -0.1) is 16.4 Å². The fraction of sp³-hybridized carbons (Fsp3) is 0. The van der Waals surface area contributed by atoms with Gasteiger partial charge in [0.2, 0.25) is 0 Å². The van der Waals surface area contributed by atoms with Gasteiger partial charge in [0.25, 0.3) is 0 Å². The van der Waals surface area contributed by atoms with Gasteiger partial charge in [0.1, 0.15) is 50.4 Å². The lowest BCUT2D eigenvalue weighted by atomic mass is 9.60. The molecule has 10 aromatic rings. The Hall–Kier alpha value is -6.46. The van der Waals surface area contributed by atoms with E-state index in [1.807, 2.05) is 6.07 Å². The summed E-state index contributed by atoms with van der Waals surface area (Å²) in [6, 6.07) is 51.5. The molecule has 0 saturated heterocycles. The molecule has 0 aliphatic carbocycles. The Labute approximate surface area is 324 Å². The van der Waals surface area contributed by atoms with Crippen LogP contribution in [0.2, 0.25) is 0 Å². The second kappa shape index (κ2) is 12.8. The number of fused-ring (bicyclic) bond motifs is 6. The second-order valence-corrected chi connectivity index (χ2v) is 14.7. The number of rotatable bonds is 5. The minimum absolute atomic E-state index is 0.733. The number of furan rings is 1. The molecule has 4 nitrogen and oxygen atoms in total. The number of aromatic nitrogens is 3. The molecule has 3 aromatic heterocycles. The Kier molecular flexibility index (Phi) is 7.74. The molecule has 3 heterocycles. The summed E-state index contributed by atoms with van der Waals surface area (Å²) in [5.41, 5.74) is 18.7. The van der Waals surface area contributed by atoms with E-state index >= 15 is 0 Å². The molecule has 0 N–H and O–H groups in total. The summed E-state index contributed by atoms with van der Waals surface area (Å²) in [5.74, 6) is 0.733. The van der Waals surface area contributed by atoms with Crippen molar-refractivity contribution < 1.29 is 4.42 Å². The summed E-state index contributed by atoms with van der Waals surface area (Å²) in [4.78, 5) is 10.5. The van der Waals surface area contributed by atoms with Gasteiger partial charge in [-0.2, -0.15) is 0 Å². The summed E-state index contributed by atoms with van der Waals surface area (Å²) in [6.45, 7) is 0. The molecular weight excluding hydrogens is 665 g/mol. The molecule has 0 unspecified atom stereocenters. The fourth-order valence-corrected chi connectivity index (χ4v) is 8.48. The Morgan fingerprint density at radius 3 is 1.80 bits per heavy atom. The molecule has 7 aromatic carbocycles. The zero-order valence-corrected chi connectivity index (χ0v) is 31.6. The molecular formula is C46H34B5N3O. The third-order valence-electron chi connectivity index (χ3n) is 11.8. The third kappa shape index (κ3) is 5.29. The predicted molar refractivity (Wildman–Crippen MR) is 246 cm³/mol. The second-order valence-electron chi connectivity index (χ2n) is 14.7. The van der Waals surface area contributed by atoms with Crippen LogP contribution in [-0.4, -0.2) is 53.8 Å². The molecule has 0 bridgehead atoms. The van der Waals surface area contributed by atoms with Crippen molar-refractivity contribution in [1.29, 1.82) is 0 Å². The number of hydrogen-bond acceptors (Lipinski definition) is 3. The molecule has 0 saturated carbocycles. The van der Waals surface area contributed by atoms with Crippen molar-refractivity contribution in [2.75, 3.05) is 0 Å². The van der Waals surface area contributed by atoms with Gasteiger partial charge < -0.3 is 8.98 Å². The Morgan fingerprint density at radius 2 is 1.04 bits per heavy atom. The van der Waals surface area contributed by atoms with Crippen LogP contribution in [0, 0.1) is 0 Å². The van der Waals surface area contributed by atoms with E-state index in [1.165, 1.54) is 54.7 Å². The van der Waals surface area contributed by atoms with E-state index in [9.17, 15) is 0 Å². The van der Waals surface area contributed by atoms with Gasteiger partial charge in [-0.3, -0.25) is 0 Å². The molecule has 0 aliphatic rings. The zero-order chi connectivity index (χ0) is 37.4. The largest absolute Gasteiger partial charge is 0.455 e. The first-order chi connectivity index (χ1) is 26.9. The Balaban J connectivity index is 1.14. The van der Waals surface area contributed by atoms with Gasteiger partial charge in [0.05, 0.1) is 22.4 Å². The smallest absolute Gasteiger partial charge is 0.159 e. The van der Waals surface area contributed by atoms with E-state index in [-0.39, 0.29) is 0 Å². The summed E-state index contributed by atoms with van der Waals surface area (Å²) in [5, 5.41) is 4.61. The van der Waals surface area contributed by atoms with Crippen molar-refractivity contribution in [1.82, 2.24) is 14.5 Å². The van der Waals surface area contributed by atoms with Crippen molar-refractivity contribution in [2.45, 2.75) is 0 Å². The van der Waals surface area contributed by atoms with Crippen LogP contribution >= 0.6 is 0 Å². The lowest BCUT2D eigenvalue weighted by molar-refractivity contribution is 0.670. The van der Waals surface area contributed by atoms with Gasteiger partial charge in [-0.05, 0) is 65.7 Å². The standard InChI is InChI=1S/C46H34B5N3O/c47-40-39(41(48)43(50)44(51)42(40)49)46-52-34(25-10-3-1-4-11-25)24-35(53-46)31-16-9-15-30-33-23-27(19-21-38(33)55-45(30)31)26-18-20-37-32(22-26)29-14-7-8-17-36(29)54(37)28-12-5-2-6-13-28/h1-24H,47-51H2. The summed E-state index contributed by atoms with van der Waals surface area (Å²) in [6.07, 6.45) is 0. The average molecular weight is 699 g/mol. The van der Waals surface area contributed by atoms with Crippen molar-refractivity contribution in [3.8, 4) is 50.7 Å². The predicted octanol–water partition coefficient (Wildman–Crippen LogP) is 3.43. The molecule has 10 rings (SSSR count). The first-order valence-corrected chi connectivity index (χ1v) is 18.9. The van der Waals surface area contributed by atoms with E-state index in [2.05, 4.69) is 183 Å². The number of para-hydroxylation sites is 3. The third-order valence-corrected chi connectivity index (χ3v) is 11.8. The van der Waals surface area contributed by atoms with Crippen LogP contribution in [0.3, 0.4) is 0 Å². The molecule has 9 heteroatoms. The highest BCUT2D eigenvalue weighted by Crippen LogP contribution is 2.40. The maximum atomic E-state index is 6.74. The van der Waals surface area contributed by atoms with E-state index < -0.39 is 0 Å². The van der Waals surface area contributed by atoms with E-state index in [0.717, 1.165) is 67.1 Å². The highest BCUT2D eigenvalue weighted by atomic mass is 16.3. The van der Waals surface area contributed by atoms with E-state index in [1.54, 1.807) is 0 Å². The zero-order valence-electron chi connectivity index (χ0n) is 31.6. The van der Waals surface area contributed by atoms with Crippen LogP contribution in [0.1, 0.15) is 0 Å². The number of nitrogens with zero attached hydrogens (tertiary/aromatic N) is 3. The van der Waals surface area contributed by atoms with Gasteiger partial charge in [0.15, 0.2) is 5.82 Å². The van der Waals surface area contributed by atoms with Gasteiger partial charge in [-0.1, -0.05) is 102 Å². The van der Waals surface area contributed by atoms with Crippen molar-refractivity contribution in [2.24, 2.45) is 0 Å². The van der Waals surface area contributed by atoms with Crippen LogP contribution in [0.15, 0.2) is 150 Å². The van der Waals surface area contributed by atoms with Gasteiger partial charge in [-0.25, -0.2) is 9.97 Å². The molecule has 254 valence electrons. The average Bonchev–Trinajstić information content (AvgIpc) is 3.78. The highest BCUT2D eigenvalue weighted by Gasteiger charge is 2.21. The topological polar surface area (TPSA) is 43.9 Å². The van der Waals surface area contributed by atoms with E-state index in [4.69, 9.17) is 14.4 Å². The minimum atomic E-state index is 0.733. The van der Waals surface area contributed by atoms with Gasteiger partial charge >= 0.3 is 0 Å². The van der Waals surface area contributed by atoms with Crippen LogP contribution in [0.5, 0.6) is 0 Å². The summed E-state index contributed by atoms with van der Waals surface area (Å²) >= 11 is 0. The fourth-order valence-electron chi connectivity index (χ4n) is 8.48. The summed E-state index contributed by atoms with van der Waals surface area (Å²) in [7, 11) is 11.0. The molecule has 0 atom stereocenters. The first-order valence-electron chi connectivity index (χ1n) is 18.9. The maximum Gasteiger partial charge on any atom is 0.159 e. The van der Waals surface area contributed by atoms with Crippen molar-refractivity contribution in [3.63, 3.8) is 0 Å². The van der Waals surface area contributed by atoms with Crippen molar-refractivity contribution >= 4 is 110 Å².